The van der Waals surface area contributed by atoms with E-state index in [9.17, 15) is 4.79 Å². The second kappa shape index (κ2) is 3.78. The molecule has 0 fully saturated rings. The lowest BCUT2D eigenvalue weighted by Crippen LogP contribution is -2.04. The number of alkyl halides is 1. The Morgan fingerprint density at radius 2 is 2.17 bits per heavy atom. The van der Waals surface area contributed by atoms with Crippen LogP contribution in [0.5, 0.6) is 0 Å². The van der Waals surface area contributed by atoms with Gasteiger partial charge in [0.05, 0.1) is 0 Å². The minimum absolute atomic E-state index is 0.486. The van der Waals surface area contributed by atoms with Crippen molar-refractivity contribution >= 4 is 29.2 Å². The van der Waals surface area contributed by atoms with Gasteiger partial charge >= 0.3 is 5.97 Å². The number of aliphatic carboxylic acids is 1. The molecule has 1 atom stereocenters. The fourth-order valence-corrected chi connectivity index (χ4v) is 1.14. The van der Waals surface area contributed by atoms with Crippen LogP contribution in [0.1, 0.15) is 10.9 Å². The van der Waals surface area contributed by atoms with Gasteiger partial charge in [-0.2, -0.15) is 0 Å². The molecule has 0 heterocycles. The molecule has 0 saturated carbocycles. The van der Waals surface area contributed by atoms with Gasteiger partial charge in [-0.1, -0.05) is 23.7 Å². The summed E-state index contributed by atoms with van der Waals surface area (Å²) in [5, 5.41) is 8.01. The Morgan fingerprint density at radius 3 is 2.67 bits per heavy atom. The second-order valence-corrected chi connectivity index (χ2v) is 3.13. The van der Waals surface area contributed by atoms with E-state index in [0.717, 1.165) is 0 Å². The van der Waals surface area contributed by atoms with E-state index >= 15 is 0 Å². The highest BCUT2D eigenvalue weighted by atomic mass is 35.5. The molecule has 0 amide bonds. The Labute approximate surface area is 79.7 Å². The van der Waals surface area contributed by atoms with E-state index in [1.165, 1.54) is 6.07 Å². The molecule has 2 nitrogen and oxygen atoms in total. The molecule has 4 heteroatoms. The van der Waals surface area contributed by atoms with Gasteiger partial charge in [0.2, 0.25) is 0 Å². The van der Waals surface area contributed by atoms with E-state index in [0.29, 0.717) is 10.6 Å². The van der Waals surface area contributed by atoms with E-state index in [-0.39, 0.29) is 0 Å². The van der Waals surface area contributed by atoms with E-state index in [4.69, 9.17) is 28.3 Å². The van der Waals surface area contributed by atoms with Crippen LogP contribution in [-0.4, -0.2) is 11.1 Å². The van der Waals surface area contributed by atoms with Crippen molar-refractivity contribution in [3.8, 4) is 0 Å². The second-order valence-electron chi connectivity index (χ2n) is 2.26. The van der Waals surface area contributed by atoms with Crippen molar-refractivity contribution in [1.82, 2.24) is 0 Å². The molecule has 1 aromatic rings. The number of hydrogen-bond donors (Lipinski definition) is 1. The summed E-state index contributed by atoms with van der Waals surface area (Å²) in [5.74, 6) is -1.07. The van der Waals surface area contributed by atoms with Gasteiger partial charge in [0, 0.05) is 5.02 Å². The topological polar surface area (TPSA) is 37.3 Å². The molecule has 0 radical (unpaired) electrons. The zero-order chi connectivity index (χ0) is 9.14. The van der Waals surface area contributed by atoms with Gasteiger partial charge in [0.25, 0.3) is 0 Å². The Kier molecular flexibility index (Phi) is 2.95. The smallest absolute Gasteiger partial charge is 0.326 e. The Hall–Kier alpha value is -0.730. The average Bonchev–Trinajstić information content (AvgIpc) is 2.03. The third-order valence-electron chi connectivity index (χ3n) is 1.36. The minimum Gasteiger partial charge on any atom is -0.480 e. The third kappa shape index (κ3) is 2.13. The standard InChI is InChI=1S/C8H6Cl2O2/c9-6-3-1-2-5(4-6)7(10)8(11)12/h1-4,7H,(H,11,12). The van der Waals surface area contributed by atoms with Crippen LogP contribution in [-0.2, 0) is 4.79 Å². The molecule has 0 aliphatic rings. The van der Waals surface area contributed by atoms with Gasteiger partial charge in [-0.3, -0.25) is 4.79 Å². The maximum atomic E-state index is 10.4. The zero-order valence-electron chi connectivity index (χ0n) is 6.00. The van der Waals surface area contributed by atoms with Gasteiger partial charge in [-0.15, -0.1) is 11.6 Å². The minimum atomic E-state index is -1.07. The molecule has 12 heavy (non-hydrogen) atoms. The third-order valence-corrected chi connectivity index (χ3v) is 2.03. The number of hydrogen-bond acceptors (Lipinski definition) is 1. The van der Waals surface area contributed by atoms with Crippen LogP contribution in [0.15, 0.2) is 24.3 Å². The number of carbonyl (C=O) groups is 1. The number of carboxylic acids is 1. The summed E-state index contributed by atoms with van der Waals surface area (Å²) in [6, 6.07) is 6.48. The molecule has 0 saturated heterocycles. The first-order valence-electron chi connectivity index (χ1n) is 3.23. The van der Waals surface area contributed by atoms with Crippen molar-refractivity contribution in [3.63, 3.8) is 0 Å². The molecular formula is C8H6Cl2O2. The van der Waals surface area contributed by atoms with Crippen LogP contribution < -0.4 is 0 Å². The summed E-state index contributed by atoms with van der Waals surface area (Å²) in [5.41, 5.74) is 0.497. The SMILES string of the molecule is O=C(O)C(Cl)c1cccc(Cl)c1. The van der Waals surface area contributed by atoms with Crippen LogP contribution in [0.2, 0.25) is 5.02 Å². The Morgan fingerprint density at radius 1 is 1.50 bits per heavy atom. The van der Waals surface area contributed by atoms with Crippen LogP contribution >= 0.6 is 23.2 Å². The van der Waals surface area contributed by atoms with Gasteiger partial charge < -0.3 is 5.11 Å². The van der Waals surface area contributed by atoms with Crippen molar-refractivity contribution in [2.24, 2.45) is 0 Å². The highest BCUT2D eigenvalue weighted by Crippen LogP contribution is 2.22. The highest BCUT2D eigenvalue weighted by molar-refractivity contribution is 6.32. The van der Waals surface area contributed by atoms with Gasteiger partial charge in [-0.25, -0.2) is 0 Å². The maximum Gasteiger partial charge on any atom is 0.326 e. The van der Waals surface area contributed by atoms with Crippen LogP contribution in [0.25, 0.3) is 0 Å². The summed E-state index contributed by atoms with van der Waals surface area (Å²) in [4.78, 5) is 10.4. The summed E-state index contributed by atoms with van der Waals surface area (Å²) < 4.78 is 0. The number of halogens is 2. The lowest BCUT2D eigenvalue weighted by molar-refractivity contribution is -0.136. The first-order valence-corrected chi connectivity index (χ1v) is 4.05. The lowest BCUT2D eigenvalue weighted by atomic mass is 10.1. The quantitative estimate of drug-likeness (QED) is 0.753. The molecule has 1 rings (SSSR count). The monoisotopic (exact) mass is 204 g/mol. The molecular weight excluding hydrogens is 199 g/mol. The van der Waals surface area contributed by atoms with E-state index < -0.39 is 11.3 Å². The van der Waals surface area contributed by atoms with E-state index in [1.807, 2.05) is 0 Å². The fraction of sp³-hybridized carbons (Fsp3) is 0.125. The molecule has 0 bridgehead atoms. The first kappa shape index (κ1) is 9.36. The Bertz CT molecular complexity index is 299. The summed E-state index contributed by atoms with van der Waals surface area (Å²) >= 11 is 11.2. The molecule has 0 aliphatic heterocycles. The number of carboxylic acid groups (broad SMARTS) is 1. The maximum absolute atomic E-state index is 10.4. The van der Waals surface area contributed by atoms with Gasteiger partial charge in [0.15, 0.2) is 5.38 Å². The van der Waals surface area contributed by atoms with Gasteiger partial charge in [0.1, 0.15) is 0 Å². The average molecular weight is 205 g/mol. The largest absolute Gasteiger partial charge is 0.480 e. The predicted molar refractivity (Wildman–Crippen MR) is 47.7 cm³/mol. The molecule has 0 aliphatic carbocycles. The van der Waals surface area contributed by atoms with Crippen molar-refractivity contribution in [3.05, 3.63) is 34.9 Å². The fourth-order valence-electron chi connectivity index (χ4n) is 0.807. The molecule has 1 unspecified atom stereocenters. The Balaban J connectivity index is 2.95. The molecule has 0 spiro atoms. The predicted octanol–water partition coefficient (Wildman–Crippen LogP) is 2.70. The van der Waals surface area contributed by atoms with Crippen molar-refractivity contribution in [2.75, 3.05) is 0 Å². The highest BCUT2D eigenvalue weighted by Gasteiger charge is 2.15. The lowest BCUT2D eigenvalue weighted by Gasteiger charge is -2.03. The summed E-state index contributed by atoms with van der Waals surface area (Å²) in [6.07, 6.45) is 0. The van der Waals surface area contributed by atoms with Crippen LogP contribution in [0.4, 0.5) is 0 Å². The molecule has 0 aromatic heterocycles. The van der Waals surface area contributed by atoms with Gasteiger partial charge in [-0.05, 0) is 17.7 Å². The molecule has 1 aromatic carbocycles. The number of rotatable bonds is 2. The normalized spacial score (nSPS) is 12.5. The summed E-state index contributed by atoms with van der Waals surface area (Å²) in [7, 11) is 0. The first-order chi connectivity index (χ1) is 5.61. The zero-order valence-corrected chi connectivity index (χ0v) is 7.51. The number of benzene rings is 1. The molecule has 1 N–H and O–H groups in total. The molecule has 64 valence electrons. The van der Waals surface area contributed by atoms with Crippen LogP contribution in [0, 0.1) is 0 Å². The van der Waals surface area contributed by atoms with E-state index in [1.54, 1.807) is 18.2 Å². The van der Waals surface area contributed by atoms with Crippen molar-refractivity contribution < 1.29 is 9.90 Å². The van der Waals surface area contributed by atoms with Crippen LogP contribution in [0.3, 0.4) is 0 Å². The van der Waals surface area contributed by atoms with E-state index in [2.05, 4.69) is 0 Å². The summed E-state index contributed by atoms with van der Waals surface area (Å²) in [6.45, 7) is 0. The van der Waals surface area contributed by atoms with Crippen molar-refractivity contribution in [1.29, 1.82) is 0 Å². The van der Waals surface area contributed by atoms with Crippen molar-refractivity contribution in [2.45, 2.75) is 5.38 Å².